The first kappa shape index (κ1) is 13.6. The number of hydrogen-bond acceptors (Lipinski definition) is 5. The van der Waals surface area contributed by atoms with Gasteiger partial charge >= 0.3 is 0 Å². The summed E-state index contributed by atoms with van der Waals surface area (Å²) in [5.74, 6) is 3.29. The van der Waals surface area contributed by atoms with Crippen molar-refractivity contribution in [3.63, 3.8) is 0 Å². The molecule has 3 unspecified atom stereocenters. The SMILES string of the molecule is CCOc1ncnc(N2CC3CNCC3C2CC)c1C. The second kappa shape index (κ2) is 5.56. The van der Waals surface area contributed by atoms with Gasteiger partial charge in [-0.25, -0.2) is 9.97 Å². The Balaban J connectivity index is 1.90. The van der Waals surface area contributed by atoms with Crippen molar-refractivity contribution in [3.05, 3.63) is 11.9 Å². The van der Waals surface area contributed by atoms with Crippen molar-refractivity contribution in [3.8, 4) is 5.88 Å². The second-order valence-electron chi connectivity index (χ2n) is 5.77. The molecule has 0 aliphatic carbocycles. The monoisotopic (exact) mass is 276 g/mol. The molecule has 2 aliphatic rings. The van der Waals surface area contributed by atoms with E-state index < -0.39 is 0 Å². The highest BCUT2D eigenvalue weighted by Crippen LogP contribution is 2.38. The van der Waals surface area contributed by atoms with Crippen LogP contribution in [-0.2, 0) is 0 Å². The molecule has 3 rings (SSSR count). The predicted molar refractivity (Wildman–Crippen MR) is 79.2 cm³/mol. The molecule has 1 aromatic heterocycles. The zero-order valence-corrected chi connectivity index (χ0v) is 12.6. The van der Waals surface area contributed by atoms with Gasteiger partial charge in [0.1, 0.15) is 12.1 Å². The maximum absolute atomic E-state index is 5.61. The molecule has 2 fully saturated rings. The first-order chi connectivity index (χ1) is 9.76. The zero-order valence-electron chi connectivity index (χ0n) is 12.6. The summed E-state index contributed by atoms with van der Waals surface area (Å²) in [5, 5.41) is 3.52. The lowest BCUT2D eigenvalue weighted by molar-refractivity contribution is 0.323. The fourth-order valence-electron chi connectivity index (χ4n) is 3.79. The highest BCUT2D eigenvalue weighted by molar-refractivity contribution is 5.52. The van der Waals surface area contributed by atoms with Gasteiger partial charge in [-0.15, -0.1) is 0 Å². The van der Waals surface area contributed by atoms with Crippen molar-refractivity contribution in [2.75, 3.05) is 31.1 Å². The van der Waals surface area contributed by atoms with E-state index in [0.29, 0.717) is 12.6 Å². The number of aromatic nitrogens is 2. The molecule has 0 amide bonds. The van der Waals surface area contributed by atoms with Crippen LogP contribution in [0.25, 0.3) is 0 Å². The first-order valence-corrected chi connectivity index (χ1v) is 7.68. The molecule has 20 heavy (non-hydrogen) atoms. The van der Waals surface area contributed by atoms with Crippen LogP contribution < -0.4 is 15.0 Å². The van der Waals surface area contributed by atoms with Gasteiger partial charge in [-0.1, -0.05) is 6.92 Å². The Morgan fingerprint density at radius 2 is 2.20 bits per heavy atom. The number of anilines is 1. The van der Waals surface area contributed by atoms with E-state index >= 15 is 0 Å². The van der Waals surface area contributed by atoms with Gasteiger partial charge in [-0.05, 0) is 32.1 Å². The first-order valence-electron chi connectivity index (χ1n) is 7.68. The Morgan fingerprint density at radius 3 is 2.95 bits per heavy atom. The van der Waals surface area contributed by atoms with E-state index in [0.717, 1.165) is 55.2 Å². The number of ether oxygens (including phenoxy) is 1. The minimum Gasteiger partial charge on any atom is -0.478 e. The lowest BCUT2D eigenvalue weighted by Crippen LogP contribution is -2.36. The van der Waals surface area contributed by atoms with E-state index in [9.17, 15) is 0 Å². The van der Waals surface area contributed by atoms with Gasteiger partial charge in [0.2, 0.25) is 5.88 Å². The zero-order chi connectivity index (χ0) is 14.1. The van der Waals surface area contributed by atoms with Crippen LogP contribution in [0, 0.1) is 18.8 Å². The summed E-state index contributed by atoms with van der Waals surface area (Å²) in [6.07, 6.45) is 2.79. The Labute approximate surface area is 120 Å². The summed E-state index contributed by atoms with van der Waals surface area (Å²) in [5.41, 5.74) is 1.07. The van der Waals surface area contributed by atoms with Crippen LogP contribution in [0.2, 0.25) is 0 Å². The Bertz CT molecular complexity index is 479. The number of rotatable bonds is 4. The summed E-state index contributed by atoms with van der Waals surface area (Å²) in [6, 6.07) is 0.582. The van der Waals surface area contributed by atoms with E-state index in [2.05, 4.69) is 34.0 Å². The van der Waals surface area contributed by atoms with E-state index in [1.54, 1.807) is 6.33 Å². The molecule has 0 bridgehead atoms. The van der Waals surface area contributed by atoms with Gasteiger partial charge in [0.25, 0.3) is 0 Å². The van der Waals surface area contributed by atoms with Gasteiger partial charge in [-0.2, -0.15) is 0 Å². The molecule has 3 atom stereocenters. The molecule has 0 saturated carbocycles. The summed E-state index contributed by atoms with van der Waals surface area (Å²) < 4.78 is 5.61. The molecule has 2 saturated heterocycles. The quantitative estimate of drug-likeness (QED) is 0.905. The van der Waals surface area contributed by atoms with E-state index in [4.69, 9.17) is 4.74 Å². The molecule has 1 aromatic rings. The third-order valence-corrected chi connectivity index (χ3v) is 4.70. The van der Waals surface area contributed by atoms with Crippen molar-refractivity contribution in [2.45, 2.75) is 33.2 Å². The molecular formula is C15H24N4O. The van der Waals surface area contributed by atoms with Gasteiger partial charge < -0.3 is 15.0 Å². The molecule has 0 aromatic carbocycles. The van der Waals surface area contributed by atoms with Crippen molar-refractivity contribution >= 4 is 5.82 Å². The second-order valence-corrected chi connectivity index (χ2v) is 5.77. The molecule has 5 nitrogen and oxygen atoms in total. The molecule has 0 spiro atoms. The lowest BCUT2D eigenvalue weighted by atomic mass is 9.93. The molecule has 1 N–H and O–H groups in total. The largest absolute Gasteiger partial charge is 0.478 e. The van der Waals surface area contributed by atoms with Crippen molar-refractivity contribution < 1.29 is 4.74 Å². The standard InChI is InChI=1S/C15H24N4O/c1-4-13-12-7-16-6-11(12)8-19(13)14-10(3)15(20-5-2)18-9-17-14/h9,11-13,16H,4-8H2,1-3H3. The van der Waals surface area contributed by atoms with Gasteiger partial charge in [0.15, 0.2) is 0 Å². The average Bonchev–Trinajstić information content (AvgIpc) is 3.01. The summed E-state index contributed by atoms with van der Waals surface area (Å²) in [4.78, 5) is 11.3. The van der Waals surface area contributed by atoms with Crippen molar-refractivity contribution in [1.82, 2.24) is 15.3 Å². The lowest BCUT2D eigenvalue weighted by Gasteiger charge is -2.29. The minimum absolute atomic E-state index is 0.582. The maximum atomic E-state index is 5.61. The van der Waals surface area contributed by atoms with Crippen molar-refractivity contribution in [1.29, 1.82) is 0 Å². The number of nitrogens with one attached hydrogen (secondary N) is 1. The topological polar surface area (TPSA) is 50.3 Å². The van der Waals surface area contributed by atoms with E-state index in [-0.39, 0.29) is 0 Å². The molecule has 110 valence electrons. The molecular weight excluding hydrogens is 252 g/mol. The highest BCUT2D eigenvalue weighted by Gasteiger charge is 2.44. The van der Waals surface area contributed by atoms with Gasteiger partial charge in [0, 0.05) is 25.7 Å². The molecule has 5 heteroatoms. The van der Waals surface area contributed by atoms with E-state index in [1.807, 2.05) is 6.92 Å². The molecule has 2 aliphatic heterocycles. The number of nitrogens with zero attached hydrogens (tertiary/aromatic N) is 3. The van der Waals surface area contributed by atoms with Gasteiger partial charge in [-0.3, -0.25) is 0 Å². The summed E-state index contributed by atoms with van der Waals surface area (Å²) in [6.45, 7) is 10.4. The maximum Gasteiger partial charge on any atom is 0.221 e. The van der Waals surface area contributed by atoms with Crippen LogP contribution in [0.4, 0.5) is 5.82 Å². The van der Waals surface area contributed by atoms with Crippen LogP contribution in [-0.4, -0.2) is 42.3 Å². The molecule has 3 heterocycles. The average molecular weight is 276 g/mol. The fraction of sp³-hybridized carbons (Fsp3) is 0.733. The molecule has 0 radical (unpaired) electrons. The van der Waals surface area contributed by atoms with Crippen LogP contribution in [0.5, 0.6) is 5.88 Å². The fourth-order valence-corrected chi connectivity index (χ4v) is 3.79. The van der Waals surface area contributed by atoms with Crippen LogP contribution >= 0.6 is 0 Å². The van der Waals surface area contributed by atoms with Crippen LogP contribution in [0.1, 0.15) is 25.8 Å². The summed E-state index contributed by atoms with van der Waals surface area (Å²) in [7, 11) is 0. The Kier molecular flexibility index (Phi) is 3.78. The highest BCUT2D eigenvalue weighted by atomic mass is 16.5. The van der Waals surface area contributed by atoms with Crippen LogP contribution in [0.15, 0.2) is 6.33 Å². The van der Waals surface area contributed by atoms with Crippen molar-refractivity contribution in [2.24, 2.45) is 11.8 Å². The van der Waals surface area contributed by atoms with Crippen LogP contribution in [0.3, 0.4) is 0 Å². The Morgan fingerprint density at radius 1 is 1.35 bits per heavy atom. The smallest absolute Gasteiger partial charge is 0.221 e. The summed E-state index contributed by atoms with van der Waals surface area (Å²) >= 11 is 0. The number of hydrogen-bond donors (Lipinski definition) is 1. The minimum atomic E-state index is 0.582. The number of fused-ring (bicyclic) bond motifs is 1. The van der Waals surface area contributed by atoms with Gasteiger partial charge in [0.05, 0.1) is 12.2 Å². The normalized spacial score (nSPS) is 28.8. The third kappa shape index (κ3) is 2.14. The third-order valence-electron chi connectivity index (χ3n) is 4.70. The van der Waals surface area contributed by atoms with E-state index in [1.165, 1.54) is 0 Å². The Hall–Kier alpha value is -1.36. The predicted octanol–water partition coefficient (Wildman–Crippen LogP) is 1.62.